The fraction of sp³-hybridized carbons (Fsp3) is 0.143. The van der Waals surface area contributed by atoms with Crippen LogP contribution in [0.2, 0.25) is 0 Å². The van der Waals surface area contributed by atoms with Gasteiger partial charge >= 0.3 is 5.97 Å². The number of halogens is 1. The Morgan fingerprint density at radius 2 is 2.33 bits per heavy atom. The Labute approximate surface area is 67.8 Å². The van der Waals surface area contributed by atoms with E-state index in [4.69, 9.17) is 4.74 Å². The van der Waals surface area contributed by atoms with Crippen LogP contribution in [0.1, 0.15) is 10.4 Å². The first kappa shape index (κ1) is 8.45. The minimum absolute atomic E-state index is 0.0110. The van der Waals surface area contributed by atoms with Gasteiger partial charge in [0.15, 0.2) is 0 Å². The Balaban J connectivity index is 2.93. The van der Waals surface area contributed by atoms with Gasteiger partial charge in [0.05, 0.1) is 18.9 Å². The molecule has 0 unspecified atom stereocenters. The third kappa shape index (κ3) is 1.69. The zero-order valence-electron chi connectivity index (χ0n) is 6.28. The fourth-order valence-electron chi connectivity index (χ4n) is 0.687. The summed E-state index contributed by atoms with van der Waals surface area (Å²) < 4.78 is 16.1. The summed E-state index contributed by atoms with van der Waals surface area (Å²) in [5.41, 5.74) is 0.0110. The number of pyridine rings is 1. The standard InChI is InChI=1S/C7H6FNO3/c1-11-6-2-5(3-9-4-6)7(10)12-8/h2-4H,1H3. The lowest BCUT2D eigenvalue weighted by Gasteiger charge is -1.98. The van der Waals surface area contributed by atoms with Crippen LogP contribution >= 0.6 is 0 Å². The zero-order valence-corrected chi connectivity index (χ0v) is 6.28. The fourth-order valence-corrected chi connectivity index (χ4v) is 0.687. The van der Waals surface area contributed by atoms with Crippen molar-refractivity contribution in [2.45, 2.75) is 0 Å². The zero-order chi connectivity index (χ0) is 8.97. The van der Waals surface area contributed by atoms with Crippen LogP contribution in [0.15, 0.2) is 18.5 Å². The molecule has 0 saturated heterocycles. The maximum Gasteiger partial charge on any atom is 0.381 e. The van der Waals surface area contributed by atoms with Crippen molar-refractivity contribution in [2.24, 2.45) is 0 Å². The average molecular weight is 171 g/mol. The van der Waals surface area contributed by atoms with Gasteiger partial charge in [0.1, 0.15) is 5.75 Å². The van der Waals surface area contributed by atoms with E-state index in [0.29, 0.717) is 5.75 Å². The SMILES string of the molecule is COc1cncc(C(=O)OF)c1. The molecular formula is C7H6FNO3. The number of carbonyl (C=O) groups is 1. The van der Waals surface area contributed by atoms with Gasteiger partial charge in [0.25, 0.3) is 0 Å². The molecule has 1 rings (SSSR count). The molecule has 0 bridgehead atoms. The van der Waals surface area contributed by atoms with Gasteiger partial charge in [-0.05, 0) is 6.07 Å². The lowest BCUT2D eigenvalue weighted by atomic mass is 10.3. The first-order chi connectivity index (χ1) is 5.77. The molecule has 0 N–H and O–H groups in total. The molecule has 0 fully saturated rings. The number of nitrogens with zero attached hydrogens (tertiary/aromatic N) is 1. The summed E-state index contributed by atoms with van der Waals surface area (Å²) >= 11 is 0. The van der Waals surface area contributed by atoms with Crippen molar-refractivity contribution >= 4 is 5.97 Å². The number of methoxy groups -OCH3 is 1. The van der Waals surface area contributed by atoms with E-state index in [-0.39, 0.29) is 5.56 Å². The summed E-state index contributed by atoms with van der Waals surface area (Å²) in [5.74, 6) is -0.709. The minimum atomic E-state index is -1.08. The number of hydrogen-bond acceptors (Lipinski definition) is 4. The molecule has 0 aliphatic rings. The number of aromatic nitrogens is 1. The van der Waals surface area contributed by atoms with E-state index in [1.165, 1.54) is 25.6 Å². The summed E-state index contributed by atoms with van der Waals surface area (Å²) in [4.78, 5) is 17.2. The molecule has 0 saturated carbocycles. The van der Waals surface area contributed by atoms with Crippen LogP contribution < -0.4 is 4.74 Å². The molecule has 0 radical (unpaired) electrons. The molecule has 64 valence electrons. The average Bonchev–Trinajstić information content (AvgIpc) is 2.17. The molecule has 5 heteroatoms. The van der Waals surface area contributed by atoms with Crippen molar-refractivity contribution in [1.82, 2.24) is 4.98 Å². The molecule has 0 aliphatic heterocycles. The molecule has 1 heterocycles. The topological polar surface area (TPSA) is 48.4 Å². The van der Waals surface area contributed by atoms with E-state index in [1.807, 2.05) is 0 Å². The first-order valence-electron chi connectivity index (χ1n) is 3.10. The summed E-state index contributed by atoms with van der Waals surface area (Å²) in [7, 11) is 1.42. The Morgan fingerprint density at radius 3 is 2.92 bits per heavy atom. The highest BCUT2D eigenvalue weighted by molar-refractivity contribution is 5.88. The molecule has 12 heavy (non-hydrogen) atoms. The van der Waals surface area contributed by atoms with Crippen molar-refractivity contribution < 1.29 is 19.0 Å². The van der Waals surface area contributed by atoms with Crippen molar-refractivity contribution in [3.8, 4) is 5.75 Å². The summed E-state index contributed by atoms with van der Waals surface area (Å²) in [6, 6.07) is 1.33. The van der Waals surface area contributed by atoms with E-state index in [0.717, 1.165) is 0 Å². The molecule has 1 aromatic rings. The second-order valence-electron chi connectivity index (χ2n) is 1.98. The Morgan fingerprint density at radius 1 is 1.58 bits per heavy atom. The van der Waals surface area contributed by atoms with E-state index < -0.39 is 5.97 Å². The van der Waals surface area contributed by atoms with Crippen LogP contribution in [0.3, 0.4) is 0 Å². The number of rotatable bonds is 2. The Hall–Kier alpha value is -1.65. The van der Waals surface area contributed by atoms with Gasteiger partial charge in [0, 0.05) is 10.7 Å². The van der Waals surface area contributed by atoms with Gasteiger partial charge in [-0.1, -0.05) is 0 Å². The maximum atomic E-state index is 11.4. The number of carbonyl (C=O) groups excluding carboxylic acids is 1. The molecule has 0 aromatic carbocycles. The number of hydrogen-bond donors (Lipinski definition) is 0. The minimum Gasteiger partial charge on any atom is -0.495 e. The first-order valence-corrected chi connectivity index (χ1v) is 3.10. The van der Waals surface area contributed by atoms with Crippen LogP contribution in [0.25, 0.3) is 0 Å². The molecular weight excluding hydrogens is 165 g/mol. The van der Waals surface area contributed by atoms with Crippen molar-refractivity contribution in [2.75, 3.05) is 7.11 Å². The lowest BCUT2D eigenvalue weighted by molar-refractivity contribution is -0.0788. The molecule has 0 aliphatic carbocycles. The summed E-state index contributed by atoms with van der Waals surface area (Å²) in [6.07, 6.45) is 2.58. The third-order valence-corrected chi connectivity index (χ3v) is 1.25. The van der Waals surface area contributed by atoms with Gasteiger partial charge in [0.2, 0.25) is 0 Å². The van der Waals surface area contributed by atoms with Gasteiger partial charge < -0.3 is 4.74 Å². The molecule has 0 amide bonds. The summed E-state index contributed by atoms with van der Waals surface area (Å²) in [6.45, 7) is 0. The Bertz CT molecular complexity index is 290. The highest BCUT2D eigenvalue weighted by Crippen LogP contribution is 2.10. The van der Waals surface area contributed by atoms with Crippen LogP contribution in [0.4, 0.5) is 4.53 Å². The normalized spacial score (nSPS) is 9.17. The van der Waals surface area contributed by atoms with E-state index in [1.54, 1.807) is 0 Å². The molecule has 4 nitrogen and oxygen atoms in total. The van der Waals surface area contributed by atoms with Gasteiger partial charge in [-0.2, -0.15) is 0 Å². The predicted molar refractivity (Wildman–Crippen MR) is 37.3 cm³/mol. The van der Waals surface area contributed by atoms with Crippen LogP contribution in [-0.2, 0) is 4.94 Å². The highest BCUT2D eigenvalue weighted by Gasteiger charge is 2.08. The Kier molecular flexibility index (Phi) is 2.57. The van der Waals surface area contributed by atoms with E-state index >= 15 is 0 Å². The van der Waals surface area contributed by atoms with E-state index in [9.17, 15) is 9.32 Å². The predicted octanol–water partition coefficient (Wildman–Crippen LogP) is 1.13. The monoisotopic (exact) mass is 171 g/mol. The van der Waals surface area contributed by atoms with Crippen molar-refractivity contribution in [3.63, 3.8) is 0 Å². The summed E-state index contributed by atoms with van der Waals surface area (Å²) in [5, 5.41) is 0. The van der Waals surface area contributed by atoms with Crippen LogP contribution in [0, 0.1) is 0 Å². The third-order valence-electron chi connectivity index (χ3n) is 1.25. The second-order valence-corrected chi connectivity index (χ2v) is 1.98. The van der Waals surface area contributed by atoms with Crippen LogP contribution in [-0.4, -0.2) is 18.1 Å². The van der Waals surface area contributed by atoms with Crippen molar-refractivity contribution in [3.05, 3.63) is 24.0 Å². The highest BCUT2D eigenvalue weighted by atomic mass is 19.3. The largest absolute Gasteiger partial charge is 0.495 e. The maximum absolute atomic E-state index is 11.4. The molecule has 0 spiro atoms. The van der Waals surface area contributed by atoms with Gasteiger partial charge in [-0.3, -0.25) is 4.98 Å². The number of ether oxygens (including phenoxy) is 1. The molecule has 0 atom stereocenters. The van der Waals surface area contributed by atoms with E-state index in [2.05, 4.69) is 9.93 Å². The van der Waals surface area contributed by atoms with Gasteiger partial charge in [-0.25, -0.2) is 9.74 Å². The molecule has 1 aromatic heterocycles. The quantitative estimate of drug-likeness (QED) is 0.669. The van der Waals surface area contributed by atoms with Crippen molar-refractivity contribution in [1.29, 1.82) is 0 Å². The van der Waals surface area contributed by atoms with Crippen LogP contribution in [0.5, 0.6) is 5.75 Å². The smallest absolute Gasteiger partial charge is 0.381 e. The second kappa shape index (κ2) is 3.66. The lowest BCUT2D eigenvalue weighted by Crippen LogP contribution is -1.99. The van der Waals surface area contributed by atoms with Gasteiger partial charge in [-0.15, -0.1) is 0 Å².